The van der Waals surface area contributed by atoms with E-state index in [0.717, 1.165) is 6.07 Å². The van der Waals surface area contributed by atoms with Crippen LogP contribution in [-0.4, -0.2) is 67.6 Å². The van der Waals surface area contributed by atoms with Crippen LogP contribution < -0.4 is 14.8 Å². The molecule has 31 heavy (non-hydrogen) atoms. The predicted molar refractivity (Wildman–Crippen MR) is 115 cm³/mol. The number of fused-ring (bicyclic) bond motifs is 1. The molecule has 2 amide bonds. The average molecular weight is 468 g/mol. The first-order valence-electron chi connectivity index (χ1n) is 9.76. The van der Waals surface area contributed by atoms with Gasteiger partial charge < -0.3 is 19.7 Å². The number of carbonyl (C=O) groups excluding carboxylic acids is 2. The minimum absolute atomic E-state index is 0.0862. The van der Waals surface area contributed by atoms with E-state index in [1.807, 2.05) is 4.90 Å². The fourth-order valence-corrected chi connectivity index (χ4v) is 3.94. The number of ether oxygens (including phenoxy) is 2. The molecule has 0 spiro atoms. The summed E-state index contributed by atoms with van der Waals surface area (Å²) in [4.78, 5) is 28.7. The summed E-state index contributed by atoms with van der Waals surface area (Å²) in [5, 5.41) is 3.25. The van der Waals surface area contributed by atoms with Crippen LogP contribution in [0.2, 0.25) is 10.0 Å². The number of hydrogen-bond acceptors (Lipinski definition) is 5. The molecule has 2 aliphatic heterocycles. The number of rotatable bonds is 4. The number of halogens is 3. The Kier molecular flexibility index (Phi) is 6.50. The number of benzene rings is 2. The maximum absolute atomic E-state index is 13.2. The number of carbonyl (C=O) groups is 2. The molecule has 0 aliphatic carbocycles. The number of hydrogen-bond donors (Lipinski definition) is 1. The molecule has 1 N–H and O–H groups in total. The van der Waals surface area contributed by atoms with Crippen molar-refractivity contribution >= 4 is 40.7 Å². The molecule has 4 rings (SSSR count). The van der Waals surface area contributed by atoms with Gasteiger partial charge in [0.05, 0.1) is 27.8 Å². The van der Waals surface area contributed by atoms with Crippen LogP contribution in [0.3, 0.4) is 0 Å². The molecule has 0 bridgehead atoms. The molecule has 1 fully saturated rings. The zero-order valence-electron chi connectivity index (χ0n) is 16.5. The van der Waals surface area contributed by atoms with E-state index in [1.165, 1.54) is 12.1 Å². The Morgan fingerprint density at radius 3 is 2.32 bits per heavy atom. The van der Waals surface area contributed by atoms with Crippen molar-refractivity contribution in [1.29, 1.82) is 0 Å². The fraction of sp³-hybridized carbons (Fsp3) is 0.333. The molecule has 0 atom stereocenters. The Balaban J connectivity index is 1.31. The molecule has 2 aromatic carbocycles. The van der Waals surface area contributed by atoms with Crippen LogP contribution >= 0.6 is 23.2 Å². The quantitative estimate of drug-likeness (QED) is 0.746. The van der Waals surface area contributed by atoms with Gasteiger partial charge >= 0.3 is 0 Å². The van der Waals surface area contributed by atoms with Crippen LogP contribution in [-0.2, 0) is 4.79 Å². The number of nitrogens with zero attached hydrogens (tertiary/aromatic N) is 2. The Hall–Kier alpha value is -2.55. The summed E-state index contributed by atoms with van der Waals surface area (Å²) in [6, 6.07) is 6.99. The molecular weight excluding hydrogens is 448 g/mol. The second-order valence-electron chi connectivity index (χ2n) is 7.22. The minimum atomic E-state index is -0.490. The van der Waals surface area contributed by atoms with Gasteiger partial charge in [0.25, 0.3) is 5.91 Å². The summed E-state index contributed by atoms with van der Waals surface area (Å²) in [6.07, 6.45) is 0. The van der Waals surface area contributed by atoms with E-state index < -0.39 is 5.82 Å². The highest BCUT2D eigenvalue weighted by Crippen LogP contribution is 2.37. The lowest BCUT2D eigenvalue weighted by molar-refractivity contribution is -0.117. The average Bonchev–Trinajstić information content (AvgIpc) is 2.74. The monoisotopic (exact) mass is 467 g/mol. The molecular formula is C21H20Cl2FN3O4. The lowest BCUT2D eigenvalue weighted by atomic mass is 10.1. The molecule has 164 valence electrons. The SMILES string of the molecule is O=C(CN1CCN(C(=O)c2ccc(F)cc2Cl)CC1)Nc1cc2c(cc1Cl)OCCO2. The highest BCUT2D eigenvalue weighted by Gasteiger charge is 2.25. The van der Waals surface area contributed by atoms with Crippen molar-refractivity contribution < 1.29 is 23.5 Å². The van der Waals surface area contributed by atoms with E-state index in [-0.39, 0.29) is 28.9 Å². The molecule has 0 aromatic heterocycles. The van der Waals surface area contributed by atoms with E-state index in [9.17, 15) is 14.0 Å². The largest absolute Gasteiger partial charge is 0.486 e. The predicted octanol–water partition coefficient (Wildman–Crippen LogP) is 3.30. The molecule has 2 heterocycles. The summed E-state index contributed by atoms with van der Waals surface area (Å²) < 4.78 is 24.2. The second kappa shape index (κ2) is 9.30. The van der Waals surface area contributed by atoms with Gasteiger partial charge in [0.2, 0.25) is 5.91 Å². The van der Waals surface area contributed by atoms with E-state index in [2.05, 4.69) is 5.32 Å². The van der Waals surface area contributed by atoms with Crippen molar-refractivity contribution in [2.75, 3.05) is 51.3 Å². The van der Waals surface area contributed by atoms with E-state index in [4.69, 9.17) is 32.7 Å². The van der Waals surface area contributed by atoms with Gasteiger partial charge in [-0.05, 0) is 18.2 Å². The van der Waals surface area contributed by atoms with Crippen molar-refractivity contribution in [2.24, 2.45) is 0 Å². The number of nitrogens with one attached hydrogen (secondary N) is 1. The Morgan fingerprint density at radius 2 is 1.65 bits per heavy atom. The Bertz CT molecular complexity index is 1010. The lowest BCUT2D eigenvalue weighted by Gasteiger charge is -2.34. The summed E-state index contributed by atoms with van der Waals surface area (Å²) in [6.45, 7) is 2.96. The second-order valence-corrected chi connectivity index (χ2v) is 8.03. The zero-order chi connectivity index (χ0) is 22.0. The van der Waals surface area contributed by atoms with Crippen molar-refractivity contribution in [3.63, 3.8) is 0 Å². The van der Waals surface area contributed by atoms with E-state index >= 15 is 0 Å². The van der Waals surface area contributed by atoms with Gasteiger partial charge in [0, 0.05) is 38.3 Å². The number of amides is 2. The first-order chi connectivity index (χ1) is 14.9. The van der Waals surface area contributed by atoms with Crippen molar-refractivity contribution in [3.05, 3.63) is 51.8 Å². The van der Waals surface area contributed by atoms with E-state index in [0.29, 0.717) is 61.6 Å². The molecule has 10 heteroatoms. The Morgan fingerprint density at radius 1 is 0.968 bits per heavy atom. The van der Waals surface area contributed by atoms with Gasteiger partial charge in [-0.25, -0.2) is 4.39 Å². The van der Waals surface area contributed by atoms with E-state index in [1.54, 1.807) is 17.0 Å². The summed E-state index contributed by atoms with van der Waals surface area (Å²) in [5.41, 5.74) is 0.721. The molecule has 0 saturated carbocycles. The van der Waals surface area contributed by atoms with Gasteiger partial charge in [0.1, 0.15) is 19.0 Å². The first-order valence-corrected chi connectivity index (χ1v) is 10.5. The van der Waals surface area contributed by atoms with Crippen LogP contribution in [0.25, 0.3) is 0 Å². The Labute approximate surface area is 188 Å². The third-order valence-electron chi connectivity index (χ3n) is 5.09. The minimum Gasteiger partial charge on any atom is -0.486 e. The van der Waals surface area contributed by atoms with Crippen LogP contribution in [0.15, 0.2) is 30.3 Å². The third kappa shape index (κ3) is 5.03. The molecule has 2 aliphatic rings. The molecule has 0 radical (unpaired) electrons. The summed E-state index contributed by atoms with van der Waals surface area (Å²) in [5.74, 6) is 0.126. The number of anilines is 1. The van der Waals surface area contributed by atoms with Crippen LogP contribution in [0, 0.1) is 5.82 Å². The lowest BCUT2D eigenvalue weighted by Crippen LogP contribution is -2.50. The van der Waals surface area contributed by atoms with Gasteiger partial charge in [-0.2, -0.15) is 0 Å². The first kappa shape index (κ1) is 21.7. The molecule has 7 nitrogen and oxygen atoms in total. The zero-order valence-corrected chi connectivity index (χ0v) is 18.0. The van der Waals surface area contributed by atoms with Crippen LogP contribution in [0.1, 0.15) is 10.4 Å². The van der Waals surface area contributed by atoms with Gasteiger partial charge in [-0.1, -0.05) is 23.2 Å². The highest BCUT2D eigenvalue weighted by molar-refractivity contribution is 6.34. The smallest absolute Gasteiger partial charge is 0.255 e. The third-order valence-corrected chi connectivity index (χ3v) is 5.72. The van der Waals surface area contributed by atoms with Gasteiger partial charge in [0.15, 0.2) is 11.5 Å². The van der Waals surface area contributed by atoms with Gasteiger partial charge in [-0.3, -0.25) is 14.5 Å². The topological polar surface area (TPSA) is 71.1 Å². The standard InChI is InChI=1S/C21H20Cl2FN3O4/c22-15-9-13(24)1-2-14(15)21(29)27-5-3-26(4-6-27)12-20(28)25-17-11-19-18(10-16(17)23)30-7-8-31-19/h1-2,9-11H,3-8,12H2,(H,25,28). The molecule has 2 aromatic rings. The van der Waals surface area contributed by atoms with Crippen molar-refractivity contribution in [2.45, 2.75) is 0 Å². The molecule has 0 unspecified atom stereocenters. The summed E-state index contributed by atoms with van der Waals surface area (Å²) >= 11 is 12.2. The van der Waals surface area contributed by atoms with Crippen LogP contribution in [0.5, 0.6) is 11.5 Å². The fourth-order valence-electron chi connectivity index (χ4n) is 3.49. The normalized spacial score (nSPS) is 16.2. The molecule has 1 saturated heterocycles. The van der Waals surface area contributed by atoms with Gasteiger partial charge in [-0.15, -0.1) is 0 Å². The number of piperazine rings is 1. The maximum atomic E-state index is 13.2. The maximum Gasteiger partial charge on any atom is 0.255 e. The van der Waals surface area contributed by atoms with Crippen LogP contribution in [0.4, 0.5) is 10.1 Å². The highest BCUT2D eigenvalue weighted by atomic mass is 35.5. The van der Waals surface area contributed by atoms with Crippen molar-refractivity contribution in [1.82, 2.24) is 9.80 Å². The van der Waals surface area contributed by atoms with Crippen molar-refractivity contribution in [3.8, 4) is 11.5 Å². The summed E-state index contributed by atoms with van der Waals surface area (Å²) in [7, 11) is 0.